The van der Waals surface area contributed by atoms with Gasteiger partial charge in [-0.3, -0.25) is 0 Å². The van der Waals surface area contributed by atoms with Crippen molar-refractivity contribution in [1.29, 1.82) is 0 Å². The van der Waals surface area contributed by atoms with E-state index in [0.717, 1.165) is 0 Å². The van der Waals surface area contributed by atoms with Gasteiger partial charge < -0.3 is 19.5 Å². The Labute approximate surface area is 109 Å². The van der Waals surface area contributed by atoms with Crippen LogP contribution in [0, 0.1) is 0 Å². The minimum atomic E-state index is -0.911. The second kappa shape index (κ2) is 5.59. The average molecular weight is 273 g/mol. The molecule has 7 nitrogen and oxygen atoms in total. The van der Waals surface area contributed by atoms with E-state index >= 15 is 0 Å². The molecule has 2 unspecified atom stereocenters. The van der Waals surface area contributed by atoms with Gasteiger partial charge in [0.2, 0.25) is 5.13 Å². The summed E-state index contributed by atoms with van der Waals surface area (Å²) in [4.78, 5) is 17.2. The molecule has 1 N–H and O–H groups in total. The van der Waals surface area contributed by atoms with Crippen LogP contribution in [0.4, 0.5) is 5.13 Å². The minimum absolute atomic E-state index is 0.171. The summed E-state index contributed by atoms with van der Waals surface area (Å²) in [6.07, 6.45) is -0.195. The molecule has 1 aromatic heterocycles. The van der Waals surface area contributed by atoms with Gasteiger partial charge in [0.05, 0.1) is 13.2 Å². The zero-order chi connectivity index (χ0) is 13.1. The topological polar surface area (TPSA) is 84.8 Å². The highest BCUT2D eigenvalue weighted by Gasteiger charge is 2.31. The number of carboxylic acids is 1. The van der Waals surface area contributed by atoms with Crippen LogP contribution in [0.25, 0.3) is 0 Å². The standard InChI is InChI=1S/C10H15N3O4S/c1-6(16-2)8-11-10(18-12-8)13-3-4-17-5-7(13)9(14)15/h6-7H,3-5H2,1-2H3,(H,14,15). The van der Waals surface area contributed by atoms with Gasteiger partial charge >= 0.3 is 5.97 Å². The second-order valence-corrected chi connectivity index (χ2v) is 4.67. The number of aromatic nitrogens is 2. The number of nitrogens with zero attached hydrogens (tertiary/aromatic N) is 3. The van der Waals surface area contributed by atoms with E-state index in [0.29, 0.717) is 24.1 Å². The molecule has 2 atom stereocenters. The van der Waals surface area contributed by atoms with Gasteiger partial charge in [-0.1, -0.05) is 0 Å². The normalized spacial score (nSPS) is 21.9. The van der Waals surface area contributed by atoms with Crippen LogP contribution in [0.15, 0.2) is 0 Å². The number of morpholine rings is 1. The van der Waals surface area contributed by atoms with Crippen LogP contribution >= 0.6 is 11.5 Å². The fourth-order valence-corrected chi connectivity index (χ4v) is 2.47. The Morgan fingerprint density at radius 2 is 2.50 bits per heavy atom. The molecule has 18 heavy (non-hydrogen) atoms. The maximum atomic E-state index is 11.1. The van der Waals surface area contributed by atoms with Crippen LogP contribution in [0.1, 0.15) is 18.9 Å². The Morgan fingerprint density at radius 1 is 1.72 bits per heavy atom. The van der Waals surface area contributed by atoms with Gasteiger partial charge in [0, 0.05) is 25.2 Å². The molecule has 0 aromatic carbocycles. The third-order valence-electron chi connectivity index (χ3n) is 2.81. The summed E-state index contributed by atoms with van der Waals surface area (Å²) in [5, 5.41) is 9.74. The molecule has 1 saturated heterocycles. The predicted octanol–water partition coefficient (Wildman–Crippen LogP) is 0.535. The van der Waals surface area contributed by atoms with Crippen molar-refractivity contribution in [2.24, 2.45) is 0 Å². The van der Waals surface area contributed by atoms with E-state index in [2.05, 4.69) is 9.36 Å². The lowest BCUT2D eigenvalue weighted by Gasteiger charge is -2.32. The molecule has 1 aliphatic rings. The van der Waals surface area contributed by atoms with Crippen molar-refractivity contribution in [1.82, 2.24) is 9.36 Å². The first kappa shape index (κ1) is 13.2. The van der Waals surface area contributed by atoms with E-state index < -0.39 is 12.0 Å². The van der Waals surface area contributed by atoms with E-state index in [1.807, 2.05) is 6.92 Å². The van der Waals surface area contributed by atoms with Crippen LogP contribution in [-0.4, -0.2) is 53.3 Å². The Balaban J connectivity index is 2.18. The zero-order valence-corrected chi connectivity index (χ0v) is 11.0. The molecule has 0 aliphatic carbocycles. The number of aliphatic carboxylic acids is 1. The predicted molar refractivity (Wildman–Crippen MR) is 64.9 cm³/mol. The van der Waals surface area contributed by atoms with Crippen molar-refractivity contribution >= 4 is 22.6 Å². The van der Waals surface area contributed by atoms with Crippen LogP contribution in [0.2, 0.25) is 0 Å². The average Bonchev–Trinajstić information content (AvgIpc) is 2.87. The monoisotopic (exact) mass is 273 g/mol. The number of hydrogen-bond donors (Lipinski definition) is 1. The van der Waals surface area contributed by atoms with Gasteiger partial charge in [-0.15, -0.1) is 0 Å². The quantitative estimate of drug-likeness (QED) is 0.856. The zero-order valence-electron chi connectivity index (χ0n) is 10.2. The number of carboxylic acid groups (broad SMARTS) is 1. The lowest BCUT2D eigenvalue weighted by Crippen LogP contribution is -2.50. The Bertz CT molecular complexity index is 425. The highest BCUT2D eigenvalue weighted by molar-refractivity contribution is 7.09. The Hall–Kier alpha value is -1.25. The molecule has 1 fully saturated rings. The van der Waals surface area contributed by atoms with Crippen LogP contribution in [-0.2, 0) is 14.3 Å². The molecule has 8 heteroatoms. The smallest absolute Gasteiger partial charge is 0.328 e. The second-order valence-electron chi connectivity index (χ2n) is 3.94. The van der Waals surface area contributed by atoms with Gasteiger partial charge in [0.1, 0.15) is 6.10 Å². The maximum absolute atomic E-state index is 11.1. The summed E-state index contributed by atoms with van der Waals surface area (Å²) < 4.78 is 14.5. The fraction of sp³-hybridized carbons (Fsp3) is 0.700. The van der Waals surface area contributed by atoms with E-state index in [-0.39, 0.29) is 12.7 Å². The van der Waals surface area contributed by atoms with Crippen LogP contribution in [0.3, 0.4) is 0 Å². The lowest BCUT2D eigenvalue weighted by molar-refractivity contribution is -0.141. The molecule has 1 aromatic rings. The third kappa shape index (κ3) is 2.60. The highest BCUT2D eigenvalue weighted by Crippen LogP contribution is 2.25. The Morgan fingerprint density at radius 3 is 3.17 bits per heavy atom. The van der Waals surface area contributed by atoms with Gasteiger partial charge in [-0.05, 0) is 6.92 Å². The molecule has 2 heterocycles. The van der Waals surface area contributed by atoms with Crippen molar-refractivity contribution in [3.05, 3.63) is 5.82 Å². The summed E-state index contributed by atoms with van der Waals surface area (Å²) >= 11 is 1.19. The van der Waals surface area contributed by atoms with Crippen molar-refractivity contribution < 1.29 is 19.4 Å². The van der Waals surface area contributed by atoms with Crippen molar-refractivity contribution in [2.45, 2.75) is 19.1 Å². The lowest BCUT2D eigenvalue weighted by atomic mass is 10.2. The number of methoxy groups -OCH3 is 1. The first-order valence-electron chi connectivity index (χ1n) is 5.57. The number of anilines is 1. The largest absolute Gasteiger partial charge is 0.480 e. The molecule has 2 rings (SSSR count). The first-order chi connectivity index (χ1) is 8.63. The number of hydrogen-bond acceptors (Lipinski definition) is 7. The van der Waals surface area contributed by atoms with Crippen molar-refractivity contribution in [3.63, 3.8) is 0 Å². The molecular formula is C10H15N3O4S. The van der Waals surface area contributed by atoms with Crippen LogP contribution < -0.4 is 4.90 Å². The summed E-state index contributed by atoms with van der Waals surface area (Å²) in [5.74, 6) is -0.334. The Kier molecular flexibility index (Phi) is 4.10. The summed E-state index contributed by atoms with van der Waals surface area (Å²) in [6, 6.07) is -0.697. The number of carbonyl (C=O) groups is 1. The molecule has 0 radical (unpaired) electrons. The molecule has 100 valence electrons. The van der Waals surface area contributed by atoms with Gasteiger partial charge in [-0.25, -0.2) is 9.78 Å². The summed E-state index contributed by atoms with van der Waals surface area (Å²) in [5.41, 5.74) is 0. The molecule has 0 saturated carbocycles. The van der Waals surface area contributed by atoms with Crippen LogP contribution in [0.5, 0.6) is 0 Å². The molecule has 0 amide bonds. The molecule has 0 bridgehead atoms. The SMILES string of the molecule is COC(C)c1nsc(N2CCOCC2C(=O)O)n1. The molecular weight excluding hydrogens is 258 g/mol. The van der Waals surface area contributed by atoms with Gasteiger partial charge in [0.25, 0.3) is 0 Å². The van der Waals surface area contributed by atoms with E-state index in [1.54, 1.807) is 12.0 Å². The molecule has 1 aliphatic heterocycles. The highest BCUT2D eigenvalue weighted by atomic mass is 32.1. The fourth-order valence-electron chi connectivity index (χ4n) is 1.65. The van der Waals surface area contributed by atoms with E-state index in [9.17, 15) is 4.79 Å². The number of ether oxygens (including phenoxy) is 2. The minimum Gasteiger partial charge on any atom is -0.480 e. The number of rotatable bonds is 4. The van der Waals surface area contributed by atoms with Gasteiger partial charge in [-0.2, -0.15) is 4.37 Å². The third-order valence-corrected chi connectivity index (χ3v) is 3.57. The van der Waals surface area contributed by atoms with E-state index in [4.69, 9.17) is 14.6 Å². The van der Waals surface area contributed by atoms with Gasteiger partial charge in [0.15, 0.2) is 11.9 Å². The summed E-state index contributed by atoms with van der Waals surface area (Å²) in [6.45, 7) is 3.02. The first-order valence-corrected chi connectivity index (χ1v) is 6.34. The maximum Gasteiger partial charge on any atom is 0.328 e. The molecule has 0 spiro atoms. The summed E-state index contributed by atoms with van der Waals surface area (Å²) in [7, 11) is 1.58. The van der Waals surface area contributed by atoms with Crippen molar-refractivity contribution in [3.8, 4) is 0 Å². The van der Waals surface area contributed by atoms with Crippen molar-refractivity contribution in [2.75, 3.05) is 31.8 Å². The van der Waals surface area contributed by atoms with E-state index in [1.165, 1.54) is 11.5 Å².